The summed E-state index contributed by atoms with van der Waals surface area (Å²) in [5.41, 5.74) is 2.20. The van der Waals surface area contributed by atoms with Crippen LogP contribution in [-0.2, 0) is 4.74 Å². The summed E-state index contributed by atoms with van der Waals surface area (Å²) >= 11 is 0. The number of aryl methyl sites for hydroxylation is 1. The molecule has 2 aromatic rings. The Bertz CT molecular complexity index is 518. The number of hydrogen-bond donors (Lipinski definition) is 1. The highest BCUT2D eigenvalue weighted by Gasteiger charge is 2.15. The van der Waals surface area contributed by atoms with E-state index in [-0.39, 0.29) is 6.04 Å². The van der Waals surface area contributed by atoms with Crippen LogP contribution in [0.2, 0.25) is 0 Å². The molecule has 1 unspecified atom stereocenters. The maximum atomic E-state index is 5.93. The topological polar surface area (TPSA) is 34.4 Å². The Hall–Kier alpha value is -1.32. The summed E-state index contributed by atoms with van der Waals surface area (Å²) in [5.74, 6) is 0.957. The number of fused-ring (bicyclic) bond motifs is 1. The average Bonchev–Trinajstić information content (AvgIpc) is 2.80. The van der Waals surface area contributed by atoms with Crippen molar-refractivity contribution in [3.63, 3.8) is 0 Å². The number of ether oxygens (including phenoxy) is 1. The smallest absolute Gasteiger partial charge is 0.134 e. The normalized spacial score (nSPS) is 13.0. The molecule has 0 amide bonds. The van der Waals surface area contributed by atoms with Gasteiger partial charge in [0.15, 0.2) is 0 Å². The molecule has 0 fully saturated rings. The highest BCUT2D eigenvalue weighted by Crippen LogP contribution is 2.25. The van der Waals surface area contributed by atoms with Crippen molar-refractivity contribution in [1.29, 1.82) is 0 Å². The van der Waals surface area contributed by atoms with E-state index in [1.165, 1.54) is 5.56 Å². The quantitative estimate of drug-likeness (QED) is 0.769. The van der Waals surface area contributed by atoms with Crippen LogP contribution in [0.1, 0.15) is 37.6 Å². The molecule has 0 saturated carbocycles. The summed E-state index contributed by atoms with van der Waals surface area (Å²) in [7, 11) is 0. The maximum Gasteiger partial charge on any atom is 0.134 e. The van der Waals surface area contributed by atoms with Crippen molar-refractivity contribution in [2.45, 2.75) is 33.2 Å². The van der Waals surface area contributed by atoms with Crippen molar-refractivity contribution in [3.05, 3.63) is 35.6 Å². The van der Waals surface area contributed by atoms with Crippen LogP contribution in [0.15, 0.2) is 28.7 Å². The molecule has 0 aliphatic heterocycles. The summed E-state index contributed by atoms with van der Waals surface area (Å²) in [6, 6.07) is 8.50. The minimum Gasteiger partial charge on any atom is -0.459 e. The standard InChI is InChI=1S/C16H23NO2/c1-4-8-18-11-14(17-5-2)16-10-13-9-12(3)6-7-15(13)19-16/h6-7,9-10,14,17H,4-5,8,11H2,1-3H3. The highest BCUT2D eigenvalue weighted by atomic mass is 16.5. The molecule has 0 aliphatic carbocycles. The van der Waals surface area contributed by atoms with Crippen molar-refractivity contribution >= 4 is 11.0 Å². The summed E-state index contributed by atoms with van der Waals surface area (Å²) in [5, 5.41) is 4.58. The van der Waals surface area contributed by atoms with Gasteiger partial charge in [0.1, 0.15) is 11.3 Å². The van der Waals surface area contributed by atoms with Crippen LogP contribution in [0.3, 0.4) is 0 Å². The van der Waals surface area contributed by atoms with Crippen LogP contribution in [0.25, 0.3) is 11.0 Å². The number of hydrogen-bond acceptors (Lipinski definition) is 3. The second-order valence-corrected chi connectivity index (χ2v) is 4.88. The van der Waals surface area contributed by atoms with E-state index in [4.69, 9.17) is 9.15 Å². The fourth-order valence-corrected chi connectivity index (χ4v) is 2.19. The zero-order chi connectivity index (χ0) is 13.7. The van der Waals surface area contributed by atoms with Gasteiger partial charge in [-0.2, -0.15) is 0 Å². The van der Waals surface area contributed by atoms with Crippen LogP contribution in [0, 0.1) is 6.92 Å². The lowest BCUT2D eigenvalue weighted by molar-refractivity contribution is 0.106. The van der Waals surface area contributed by atoms with Crippen molar-refractivity contribution in [2.75, 3.05) is 19.8 Å². The number of benzene rings is 1. The molecule has 0 bridgehead atoms. The predicted molar refractivity (Wildman–Crippen MR) is 78.5 cm³/mol. The molecule has 1 N–H and O–H groups in total. The first kappa shape index (κ1) is 14.1. The third-order valence-corrected chi connectivity index (χ3v) is 3.12. The molecule has 1 aromatic heterocycles. The first-order chi connectivity index (χ1) is 9.24. The van der Waals surface area contributed by atoms with Gasteiger partial charge >= 0.3 is 0 Å². The molecular weight excluding hydrogens is 238 g/mol. The Morgan fingerprint density at radius 3 is 2.84 bits per heavy atom. The zero-order valence-corrected chi connectivity index (χ0v) is 12.0. The van der Waals surface area contributed by atoms with E-state index in [1.807, 2.05) is 6.07 Å². The second kappa shape index (κ2) is 6.73. The molecule has 3 heteroatoms. The van der Waals surface area contributed by atoms with Gasteiger partial charge in [0.2, 0.25) is 0 Å². The van der Waals surface area contributed by atoms with E-state index < -0.39 is 0 Å². The fraction of sp³-hybridized carbons (Fsp3) is 0.500. The molecule has 19 heavy (non-hydrogen) atoms. The van der Waals surface area contributed by atoms with Crippen molar-refractivity contribution in [1.82, 2.24) is 5.32 Å². The molecule has 104 valence electrons. The fourth-order valence-electron chi connectivity index (χ4n) is 2.19. The van der Waals surface area contributed by atoms with Gasteiger partial charge in [-0.1, -0.05) is 25.5 Å². The van der Waals surface area contributed by atoms with E-state index in [0.717, 1.165) is 36.3 Å². The van der Waals surface area contributed by atoms with Crippen LogP contribution < -0.4 is 5.32 Å². The molecule has 2 rings (SSSR count). The molecule has 1 aromatic carbocycles. The molecular formula is C16H23NO2. The minimum atomic E-state index is 0.129. The summed E-state index contributed by atoms with van der Waals surface area (Å²) in [6.45, 7) is 8.65. The first-order valence-corrected chi connectivity index (χ1v) is 7.05. The van der Waals surface area contributed by atoms with Gasteiger partial charge in [-0.25, -0.2) is 0 Å². The summed E-state index contributed by atoms with van der Waals surface area (Å²) in [4.78, 5) is 0. The van der Waals surface area contributed by atoms with Gasteiger partial charge in [-0.3, -0.25) is 0 Å². The Kier molecular flexibility index (Phi) is 5.00. The monoisotopic (exact) mass is 261 g/mol. The van der Waals surface area contributed by atoms with Gasteiger partial charge in [0, 0.05) is 12.0 Å². The first-order valence-electron chi connectivity index (χ1n) is 7.05. The minimum absolute atomic E-state index is 0.129. The molecule has 0 saturated heterocycles. The molecule has 1 atom stereocenters. The average molecular weight is 261 g/mol. The molecule has 3 nitrogen and oxygen atoms in total. The maximum absolute atomic E-state index is 5.93. The lowest BCUT2D eigenvalue weighted by Crippen LogP contribution is -2.25. The van der Waals surface area contributed by atoms with Gasteiger partial charge in [-0.15, -0.1) is 0 Å². The predicted octanol–water partition coefficient (Wildman–Crippen LogP) is 3.82. The van der Waals surface area contributed by atoms with Crippen LogP contribution in [0.4, 0.5) is 0 Å². The van der Waals surface area contributed by atoms with Gasteiger partial charge in [0.25, 0.3) is 0 Å². The number of rotatable bonds is 7. The molecule has 0 spiro atoms. The van der Waals surface area contributed by atoms with E-state index in [2.05, 4.69) is 44.3 Å². The third-order valence-electron chi connectivity index (χ3n) is 3.12. The highest BCUT2D eigenvalue weighted by molar-refractivity contribution is 5.78. The molecule has 0 aliphatic rings. The summed E-state index contributed by atoms with van der Waals surface area (Å²) in [6.07, 6.45) is 1.04. The van der Waals surface area contributed by atoms with Gasteiger partial charge < -0.3 is 14.5 Å². The lowest BCUT2D eigenvalue weighted by Gasteiger charge is -2.15. The Morgan fingerprint density at radius 2 is 2.11 bits per heavy atom. The lowest BCUT2D eigenvalue weighted by atomic mass is 10.1. The summed E-state index contributed by atoms with van der Waals surface area (Å²) < 4.78 is 11.6. The van der Waals surface area contributed by atoms with Crippen LogP contribution >= 0.6 is 0 Å². The Balaban J connectivity index is 2.17. The Labute approximate surface area is 114 Å². The van der Waals surface area contributed by atoms with E-state index in [1.54, 1.807) is 0 Å². The van der Waals surface area contributed by atoms with Crippen LogP contribution in [-0.4, -0.2) is 19.8 Å². The van der Waals surface area contributed by atoms with Crippen molar-refractivity contribution < 1.29 is 9.15 Å². The molecule has 0 radical (unpaired) electrons. The number of nitrogens with one attached hydrogen (secondary N) is 1. The van der Waals surface area contributed by atoms with Gasteiger partial charge in [-0.05, 0) is 38.1 Å². The van der Waals surface area contributed by atoms with Gasteiger partial charge in [0.05, 0.1) is 12.6 Å². The van der Waals surface area contributed by atoms with Crippen molar-refractivity contribution in [3.8, 4) is 0 Å². The Morgan fingerprint density at radius 1 is 1.26 bits per heavy atom. The van der Waals surface area contributed by atoms with E-state index in [9.17, 15) is 0 Å². The number of likely N-dealkylation sites (N-methyl/N-ethyl adjacent to an activating group) is 1. The SMILES string of the molecule is CCCOCC(NCC)c1cc2cc(C)ccc2o1. The van der Waals surface area contributed by atoms with Crippen LogP contribution in [0.5, 0.6) is 0 Å². The largest absolute Gasteiger partial charge is 0.459 e. The number of furan rings is 1. The second-order valence-electron chi connectivity index (χ2n) is 4.88. The van der Waals surface area contributed by atoms with E-state index in [0.29, 0.717) is 6.61 Å². The zero-order valence-electron chi connectivity index (χ0n) is 12.0. The molecule has 1 heterocycles. The van der Waals surface area contributed by atoms with E-state index >= 15 is 0 Å². The third kappa shape index (κ3) is 3.58. The van der Waals surface area contributed by atoms with Crippen molar-refractivity contribution in [2.24, 2.45) is 0 Å².